The summed E-state index contributed by atoms with van der Waals surface area (Å²) in [6.45, 7) is 2.51. The summed E-state index contributed by atoms with van der Waals surface area (Å²) in [4.78, 5) is 0. The van der Waals surface area contributed by atoms with E-state index in [1.807, 2.05) is 158 Å². The Kier molecular flexibility index (Phi) is 17.9. The van der Waals surface area contributed by atoms with Gasteiger partial charge < -0.3 is 47.4 Å². The van der Waals surface area contributed by atoms with Gasteiger partial charge in [0.25, 0.3) is 0 Å². The molecule has 0 bridgehead atoms. The molecule has 6 aromatic rings. The Morgan fingerprint density at radius 2 is 0.738 bits per heavy atom. The second-order valence-electron chi connectivity index (χ2n) is 16.3. The summed E-state index contributed by atoms with van der Waals surface area (Å²) in [6, 6.07) is 60.6. The van der Waals surface area contributed by atoms with Crippen molar-refractivity contribution in [1.29, 1.82) is 0 Å². The molecule has 0 amide bonds. The fourth-order valence-corrected chi connectivity index (χ4v) is 8.19. The molecule has 0 spiro atoms. The minimum atomic E-state index is -0.797. The zero-order valence-electron chi connectivity index (χ0n) is 37.0. The van der Waals surface area contributed by atoms with Crippen LogP contribution >= 0.6 is 0 Å². The van der Waals surface area contributed by atoms with Gasteiger partial charge in [-0.05, 0) is 33.4 Å². The van der Waals surface area contributed by atoms with Crippen molar-refractivity contribution in [3.05, 3.63) is 215 Å². The summed E-state index contributed by atoms with van der Waals surface area (Å²) in [5.74, 6) is 0. The summed E-state index contributed by atoms with van der Waals surface area (Å²) >= 11 is 0. The SMILES string of the molecule is CO[C@H]1OC(CO[C@H]2CC(OCc3ccccc3)[C@H](OCc3ccccc3)C(COCc3ccccc3)O2)[C@@H](OCc2ccccc2)C(OCc2ccccc2)C1OCc1ccccc1. The van der Waals surface area contributed by atoms with Gasteiger partial charge in [0.15, 0.2) is 12.6 Å². The average Bonchev–Trinajstić information content (AvgIpc) is 3.37. The summed E-state index contributed by atoms with van der Waals surface area (Å²) in [5, 5.41) is 0. The van der Waals surface area contributed by atoms with Crippen LogP contribution < -0.4 is 0 Å². The molecule has 8 rings (SSSR count). The normalized spacial score (nSPS) is 24.4. The van der Waals surface area contributed by atoms with E-state index in [2.05, 4.69) is 24.3 Å². The zero-order valence-corrected chi connectivity index (χ0v) is 37.0. The summed E-state index contributed by atoms with van der Waals surface area (Å²) < 4.78 is 66.6. The van der Waals surface area contributed by atoms with Crippen LogP contribution in [0.5, 0.6) is 0 Å². The molecule has 2 aliphatic heterocycles. The van der Waals surface area contributed by atoms with Gasteiger partial charge in [0, 0.05) is 13.5 Å². The van der Waals surface area contributed by atoms with Crippen LogP contribution in [-0.2, 0) is 87.0 Å². The van der Waals surface area contributed by atoms with E-state index in [4.69, 9.17) is 47.4 Å². The Balaban J connectivity index is 1.05. The summed E-state index contributed by atoms with van der Waals surface area (Å²) in [6.07, 6.45) is -5.02. The fourth-order valence-electron chi connectivity index (χ4n) is 8.19. The smallest absolute Gasteiger partial charge is 0.186 e. The van der Waals surface area contributed by atoms with Crippen LogP contribution in [0.4, 0.5) is 0 Å². The Hall–Kier alpha value is -5.08. The molecule has 10 nitrogen and oxygen atoms in total. The summed E-state index contributed by atoms with van der Waals surface area (Å²) in [7, 11) is 1.62. The number of methoxy groups -OCH3 is 1. The standard InChI is InChI=1S/C55H60O10/c1-56-55-54(63-38-46-30-18-7-19-31-46)53(62-37-45-28-16-6-17-29-45)52(61-36-44-26-14-5-15-27-44)49(65-55)40-59-50-32-47(58-34-42-22-10-3-11-23-42)51(60-35-43-24-12-4-13-25-43)48(64-50)39-57-33-41-20-8-2-9-21-41/h2-31,47-55H,32-40H2,1H3/t47?,48?,49?,50-,51+,52-,53?,54?,55+/m1/s1. The van der Waals surface area contributed by atoms with Gasteiger partial charge in [-0.1, -0.05) is 182 Å². The number of hydrogen-bond acceptors (Lipinski definition) is 10. The van der Waals surface area contributed by atoms with Crippen molar-refractivity contribution in [1.82, 2.24) is 0 Å². The number of rotatable bonds is 23. The van der Waals surface area contributed by atoms with Gasteiger partial charge in [-0.3, -0.25) is 0 Å². The average molecular weight is 881 g/mol. The van der Waals surface area contributed by atoms with Gasteiger partial charge in [-0.15, -0.1) is 0 Å². The van der Waals surface area contributed by atoms with Gasteiger partial charge in [0.2, 0.25) is 0 Å². The van der Waals surface area contributed by atoms with Gasteiger partial charge in [-0.25, -0.2) is 0 Å². The molecule has 2 fully saturated rings. The number of benzene rings is 6. The molecule has 0 aromatic heterocycles. The van der Waals surface area contributed by atoms with E-state index in [9.17, 15) is 0 Å². The van der Waals surface area contributed by atoms with E-state index in [1.165, 1.54) is 0 Å². The van der Waals surface area contributed by atoms with Crippen molar-refractivity contribution in [3.63, 3.8) is 0 Å². The lowest BCUT2D eigenvalue weighted by atomic mass is 9.97. The first-order chi connectivity index (χ1) is 32.2. The highest BCUT2D eigenvalue weighted by Crippen LogP contribution is 2.33. The van der Waals surface area contributed by atoms with Crippen LogP contribution in [0, 0.1) is 0 Å². The van der Waals surface area contributed by atoms with Crippen LogP contribution in [-0.4, -0.2) is 75.6 Å². The van der Waals surface area contributed by atoms with Crippen LogP contribution in [0.1, 0.15) is 39.8 Å². The zero-order chi connectivity index (χ0) is 44.3. The Labute approximate surface area is 383 Å². The molecule has 5 unspecified atom stereocenters. The Bertz CT molecular complexity index is 2190. The van der Waals surface area contributed by atoms with E-state index in [0.717, 1.165) is 33.4 Å². The topological polar surface area (TPSA) is 92.3 Å². The fraction of sp³-hybridized carbons (Fsp3) is 0.345. The van der Waals surface area contributed by atoms with Crippen LogP contribution in [0.15, 0.2) is 182 Å². The predicted molar refractivity (Wildman–Crippen MR) is 246 cm³/mol. The molecule has 9 atom stereocenters. The molecular weight excluding hydrogens is 821 g/mol. The molecule has 65 heavy (non-hydrogen) atoms. The molecule has 2 heterocycles. The minimum Gasteiger partial charge on any atom is -0.374 e. The highest BCUT2D eigenvalue weighted by molar-refractivity contribution is 5.18. The third kappa shape index (κ3) is 14.0. The largest absolute Gasteiger partial charge is 0.374 e. The molecular formula is C55H60O10. The maximum atomic E-state index is 6.84. The summed E-state index contributed by atoms with van der Waals surface area (Å²) in [5.41, 5.74) is 6.22. The lowest BCUT2D eigenvalue weighted by molar-refractivity contribution is -0.334. The predicted octanol–water partition coefficient (Wildman–Crippen LogP) is 9.63. The third-order valence-corrected chi connectivity index (χ3v) is 11.6. The van der Waals surface area contributed by atoms with E-state index in [-0.39, 0.29) is 13.2 Å². The molecule has 0 saturated carbocycles. The van der Waals surface area contributed by atoms with Gasteiger partial charge >= 0.3 is 0 Å². The second kappa shape index (κ2) is 25.0. The quantitative estimate of drug-likeness (QED) is 0.0620. The second-order valence-corrected chi connectivity index (χ2v) is 16.3. The first-order valence-electron chi connectivity index (χ1n) is 22.5. The monoisotopic (exact) mass is 880 g/mol. The van der Waals surface area contributed by atoms with Crippen molar-refractivity contribution in [2.45, 2.75) is 101 Å². The van der Waals surface area contributed by atoms with Crippen LogP contribution in [0.2, 0.25) is 0 Å². The van der Waals surface area contributed by atoms with Crippen molar-refractivity contribution < 1.29 is 47.4 Å². The first kappa shape index (κ1) is 46.4. The molecule has 0 aliphatic carbocycles. The lowest BCUT2D eigenvalue weighted by Gasteiger charge is -2.46. The minimum absolute atomic E-state index is 0.0964. The maximum Gasteiger partial charge on any atom is 0.186 e. The number of ether oxygens (including phenoxy) is 10. The van der Waals surface area contributed by atoms with Crippen LogP contribution in [0.25, 0.3) is 0 Å². The molecule has 10 heteroatoms. The molecule has 340 valence electrons. The first-order valence-corrected chi connectivity index (χ1v) is 22.5. The van der Waals surface area contributed by atoms with E-state index < -0.39 is 55.3 Å². The van der Waals surface area contributed by atoms with E-state index in [0.29, 0.717) is 46.1 Å². The molecule has 2 aliphatic rings. The van der Waals surface area contributed by atoms with E-state index >= 15 is 0 Å². The van der Waals surface area contributed by atoms with Gasteiger partial charge in [0.1, 0.15) is 36.6 Å². The van der Waals surface area contributed by atoms with Crippen molar-refractivity contribution in [2.75, 3.05) is 20.3 Å². The maximum absolute atomic E-state index is 6.84. The highest BCUT2D eigenvalue weighted by atomic mass is 16.7. The third-order valence-electron chi connectivity index (χ3n) is 11.6. The van der Waals surface area contributed by atoms with Crippen molar-refractivity contribution in [3.8, 4) is 0 Å². The molecule has 0 N–H and O–H groups in total. The lowest BCUT2D eigenvalue weighted by Crippen LogP contribution is -2.62. The number of hydrogen-bond donors (Lipinski definition) is 0. The van der Waals surface area contributed by atoms with Crippen molar-refractivity contribution >= 4 is 0 Å². The molecule has 6 aromatic carbocycles. The highest BCUT2D eigenvalue weighted by Gasteiger charge is 2.50. The van der Waals surface area contributed by atoms with Crippen molar-refractivity contribution in [2.24, 2.45) is 0 Å². The Morgan fingerprint density at radius 1 is 0.369 bits per heavy atom. The van der Waals surface area contributed by atoms with E-state index in [1.54, 1.807) is 7.11 Å². The molecule has 2 saturated heterocycles. The van der Waals surface area contributed by atoms with Gasteiger partial charge in [0.05, 0.1) is 59.0 Å². The van der Waals surface area contributed by atoms with Gasteiger partial charge in [-0.2, -0.15) is 0 Å². The van der Waals surface area contributed by atoms with Crippen LogP contribution in [0.3, 0.4) is 0 Å². The Morgan fingerprint density at radius 3 is 1.18 bits per heavy atom. The molecule has 0 radical (unpaired) electrons.